The van der Waals surface area contributed by atoms with Crippen molar-refractivity contribution in [2.24, 2.45) is 23.2 Å². The summed E-state index contributed by atoms with van der Waals surface area (Å²) in [5.41, 5.74) is 0.225. The number of benzene rings is 1. The number of piperidine rings is 1. The van der Waals surface area contributed by atoms with Crippen LogP contribution in [0.25, 0.3) is 0 Å². The summed E-state index contributed by atoms with van der Waals surface area (Å²) in [5, 5.41) is -0.489. The molecule has 1 saturated heterocycles. The van der Waals surface area contributed by atoms with Gasteiger partial charge in [0.25, 0.3) is 0 Å². The maximum atomic E-state index is 13.1. The van der Waals surface area contributed by atoms with Crippen LogP contribution in [-0.4, -0.2) is 37.6 Å². The van der Waals surface area contributed by atoms with Gasteiger partial charge in [0.1, 0.15) is 5.82 Å². The molecule has 0 aromatic heterocycles. The smallest absolute Gasteiger partial charge is 0.223 e. The van der Waals surface area contributed by atoms with E-state index in [1.165, 1.54) is 62.8 Å². The molecule has 4 saturated carbocycles. The number of nitrogens with zero attached hydrogens (tertiary/aromatic N) is 1. The summed E-state index contributed by atoms with van der Waals surface area (Å²) in [6.07, 6.45) is 9.38. The lowest BCUT2D eigenvalue weighted by molar-refractivity contribution is -0.140. The van der Waals surface area contributed by atoms with Crippen molar-refractivity contribution < 1.29 is 17.6 Å². The van der Waals surface area contributed by atoms with Gasteiger partial charge in [-0.2, -0.15) is 0 Å². The first-order chi connectivity index (χ1) is 13.8. The van der Waals surface area contributed by atoms with Crippen molar-refractivity contribution in [3.8, 4) is 0 Å². The van der Waals surface area contributed by atoms with Gasteiger partial charge < -0.3 is 4.90 Å². The molecule has 1 aromatic carbocycles. The Bertz CT molecular complexity index is 852. The molecule has 0 spiro atoms. The number of likely N-dealkylation sites (tertiary alicyclic amines) is 1. The molecule has 0 radical (unpaired) electrons. The topological polar surface area (TPSA) is 54.5 Å². The van der Waals surface area contributed by atoms with Crippen LogP contribution < -0.4 is 0 Å². The molecule has 1 amide bonds. The molecule has 4 bridgehead atoms. The molecule has 4 aliphatic carbocycles. The van der Waals surface area contributed by atoms with Gasteiger partial charge in [-0.25, -0.2) is 12.8 Å². The van der Waals surface area contributed by atoms with Crippen molar-refractivity contribution in [1.82, 2.24) is 4.90 Å². The van der Waals surface area contributed by atoms with Gasteiger partial charge in [-0.05, 0) is 98.8 Å². The minimum atomic E-state index is -3.48. The highest BCUT2D eigenvalue weighted by atomic mass is 32.2. The Hall–Kier alpha value is -1.43. The van der Waals surface area contributed by atoms with Gasteiger partial charge in [-0.1, -0.05) is 0 Å². The van der Waals surface area contributed by atoms with E-state index in [1.807, 2.05) is 4.90 Å². The predicted octanol–water partition coefficient (Wildman–Crippen LogP) is 4.20. The third-order valence-corrected chi connectivity index (χ3v) is 10.3. The fourth-order valence-electron chi connectivity index (χ4n) is 7.17. The number of carbonyl (C=O) groups excluding carboxylic acids is 1. The Morgan fingerprint density at radius 1 is 0.966 bits per heavy atom. The summed E-state index contributed by atoms with van der Waals surface area (Å²) in [6.45, 7) is 1.02. The van der Waals surface area contributed by atoms with E-state index in [0.29, 0.717) is 32.4 Å². The predicted molar refractivity (Wildman–Crippen MR) is 108 cm³/mol. The first-order valence-electron chi connectivity index (χ1n) is 11.1. The second-order valence-corrected chi connectivity index (χ2v) is 12.4. The molecule has 1 aromatic rings. The van der Waals surface area contributed by atoms with Crippen LogP contribution in [0.1, 0.15) is 57.8 Å². The molecule has 4 nitrogen and oxygen atoms in total. The molecule has 0 atom stereocenters. The van der Waals surface area contributed by atoms with Crippen molar-refractivity contribution >= 4 is 15.7 Å². The second kappa shape index (κ2) is 7.07. The van der Waals surface area contributed by atoms with Gasteiger partial charge in [0, 0.05) is 19.5 Å². The molecule has 5 fully saturated rings. The Kier molecular flexibility index (Phi) is 4.76. The SMILES string of the molecule is O=C(CC12CC3CC(CC(C3)C1)C2)N1CCC(S(=O)(=O)c2ccc(F)cc2)CC1. The fraction of sp³-hybridized carbons (Fsp3) is 0.696. The van der Waals surface area contributed by atoms with Crippen LogP contribution in [0.2, 0.25) is 0 Å². The fourth-order valence-corrected chi connectivity index (χ4v) is 8.90. The Balaban J connectivity index is 1.21. The van der Waals surface area contributed by atoms with E-state index in [9.17, 15) is 17.6 Å². The van der Waals surface area contributed by atoms with E-state index in [-0.39, 0.29) is 16.2 Å². The second-order valence-electron chi connectivity index (χ2n) is 10.2. The van der Waals surface area contributed by atoms with E-state index in [1.54, 1.807) is 0 Å². The average Bonchev–Trinajstić information content (AvgIpc) is 2.67. The van der Waals surface area contributed by atoms with Crippen LogP contribution >= 0.6 is 0 Å². The highest BCUT2D eigenvalue weighted by Crippen LogP contribution is 2.61. The van der Waals surface area contributed by atoms with Crippen molar-refractivity contribution in [1.29, 1.82) is 0 Å². The van der Waals surface area contributed by atoms with E-state index in [2.05, 4.69) is 0 Å². The van der Waals surface area contributed by atoms with Crippen LogP contribution in [-0.2, 0) is 14.6 Å². The normalized spacial score (nSPS) is 34.5. The van der Waals surface area contributed by atoms with E-state index >= 15 is 0 Å². The molecule has 6 heteroatoms. The summed E-state index contributed by atoms with van der Waals surface area (Å²) < 4.78 is 38.8. The van der Waals surface area contributed by atoms with Gasteiger partial charge in [0.2, 0.25) is 5.91 Å². The molecule has 29 heavy (non-hydrogen) atoms. The first kappa shape index (κ1) is 19.5. The number of amides is 1. The minimum Gasteiger partial charge on any atom is -0.343 e. The van der Waals surface area contributed by atoms with E-state index < -0.39 is 20.9 Å². The van der Waals surface area contributed by atoms with Crippen LogP contribution in [0.5, 0.6) is 0 Å². The molecule has 1 heterocycles. The number of sulfone groups is 1. The van der Waals surface area contributed by atoms with E-state index in [4.69, 9.17) is 0 Å². The van der Waals surface area contributed by atoms with Crippen LogP contribution in [0.4, 0.5) is 4.39 Å². The average molecular weight is 420 g/mol. The minimum absolute atomic E-state index is 0.178. The first-order valence-corrected chi connectivity index (χ1v) is 12.6. The molecule has 0 unspecified atom stereocenters. The van der Waals surface area contributed by atoms with Crippen molar-refractivity contribution in [2.45, 2.75) is 67.9 Å². The number of carbonyl (C=O) groups is 1. The molecule has 1 aliphatic heterocycles. The van der Waals surface area contributed by atoms with Crippen LogP contribution in [0.3, 0.4) is 0 Å². The number of halogens is 1. The maximum Gasteiger partial charge on any atom is 0.223 e. The van der Waals surface area contributed by atoms with Crippen molar-refractivity contribution in [2.75, 3.05) is 13.1 Å². The highest BCUT2D eigenvalue weighted by molar-refractivity contribution is 7.92. The van der Waals surface area contributed by atoms with Crippen molar-refractivity contribution in [3.05, 3.63) is 30.1 Å². The van der Waals surface area contributed by atoms with Gasteiger partial charge >= 0.3 is 0 Å². The number of hydrogen-bond acceptors (Lipinski definition) is 3. The largest absolute Gasteiger partial charge is 0.343 e. The molecule has 6 rings (SSSR count). The zero-order valence-corrected chi connectivity index (χ0v) is 17.7. The summed E-state index contributed by atoms with van der Waals surface area (Å²) in [5.74, 6) is 2.29. The zero-order chi connectivity index (χ0) is 20.2. The standard InChI is InChI=1S/C23H30FNO3S/c24-19-1-3-20(4-2-19)29(27,28)21-5-7-25(8-6-21)22(26)15-23-12-16-9-17(13-23)11-18(10-16)14-23/h1-4,16-18,21H,5-15H2. The third-order valence-electron chi connectivity index (χ3n) is 8.07. The van der Waals surface area contributed by atoms with E-state index in [0.717, 1.165) is 17.8 Å². The summed E-state index contributed by atoms with van der Waals surface area (Å²) in [6, 6.07) is 5.07. The van der Waals surface area contributed by atoms with Crippen LogP contribution in [0.15, 0.2) is 29.2 Å². The summed E-state index contributed by atoms with van der Waals surface area (Å²) in [7, 11) is -3.48. The Morgan fingerprint density at radius 2 is 1.48 bits per heavy atom. The molecule has 158 valence electrons. The van der Waals surface area contributed by atoms with Gasteiger partial charge in [-0.3, -0.25) is 4.79 Å². The monoisotopic (exact) mass is 419 g/mol. The quantitative estimate of drug-likeness (QED) is 0.688. The highest BCUT2D eigenvalue weighted by Gasteiger charge is 2.51. The molecule has 0 N–H and O–H groups in total. The lowest BCUT2D eigenvalue weighted by Gasteiger charge is -2.57. The van der Waals surface area contributed by atoms with Crippen molar-refractivity contribution in [3.63, 3.8) is 0 Å². The molecular weight excluding hydrogens is 389 g/mol. The third kappa shape index (κ3) is 3.62. The van der Waals surface area contributed by atoms with Gasteiger partial charge in [0.15, 0.2) is 9.84 Å². The van der Waals surface area contributed by atoms with Gasteiger partial charge in [0.05, 0.1) is 10.1 Å². The lowest BCUT2D eigenvalue weighted by Crippen LogP contribution is -2.49. The summed E-state index contributed by atoms with van der Waals surface area (Å²) >= 11 is 0. The lowest BCUT2D eigenvalue weighted by atomic mass is 9.49. The number of hydrogen-bond donors (Lipinski definition) is 0. The Morgan fingerprint density at radius 3 is 2.00 bits per heavy atom. The molecule has 5 aliphatic rings. The summed E-state index contributed by atoms with van der Waals surface area (Å²) in [4.78, 5) is 15.2. The van der Waals surface area contributed by atoms with Crippen LogP contribution in [0, 0.1) is 29.0 Å². The maximum absolute atomic E-state index is 13.1. The number of rotatable bonds is 4. The van der Waals surface area contributed by atoms with Gasteiger partial charge in [-0.15, -0.1) is 0 Å². The molecular formula is C23H30FNO3S. The zero-order valence-electron chi connectivity index (χ0n) is 16.9. The Labute approximate surface area is 172 Å².